The molecule has 1 heterocycles. The van der Waals surface area contributed by atoms with Gasteiger partial charge in [-0.3, -0.25) is 0 Å². The maximum atomic E-state index is 5.82. The molecule has 0 atom stereocenters. The fraction of sp³-hybridized carbons (Fsp3) is 0.389. The van der Waals surface area contributed by atoms with Crippen molar-refractivity contribution in [2.24, 2.45) is 0 Å². The summed E-state index contributed by atoms with van der Waals surface area (Å²) >= 11 is 0. The van der Waals surface area contributed by atoms with E-state index in [0.717, 1.165) is 24.4 Å². The zero-order valence-corrected chi connectivity index (χ0v) is 13.1. The molecule has 2 rings (SSSR count). The molecule has 3 nitrogen and oxygen atoms in total. The second kappa shape index (κ2) is 7.79. The number of ether oxygens (including phenoxy) is 1. The molecule has 0 bridgehead atoms. The minimum absolute atomic E-state index is 0.647. The Balaban J connectivity index is 2.02. The molecule has 2 aromatic rings. The quantitative estimate of drug-likeness (QED) is 0.825. The van der Waals surface area contributed by atoms with Crippen molar-refractivity contribution < 1.29 is 4.74 Å². The molecule has 0 unspecified atom stereocenters. The summed E-state index contributed by atoms with van der Waals surface area (Å²) in [7, 11) is 1.93. The van der Waals surface area contributed by atoms with E-state index in [2.05, 4.69) is 35.4 Å². The number of nitrogens with zero attached hydrogens (tertiary/aromatic N) is 1. The molecule has 112 valence electrons. The lowest BCUT2D eigenvalue weighted by Gasteiger charge is -2.09. The van der Waals surface area contributed by atoms with Gasteiger partial charge in [0.2, 0.25) is 5.88 Å². The van der Waals surface area contributed by atoms with Crippen molar-refractivity contribution in [3.8, 4) is 11.6 Å². The zero-order chi connectivity index (χ0) is 15.1. The van der Waals surface area contributed by atoms with E-state index in [0.29, 0.717) is 5.88 Å². The largest absolute Gasteiger partial charge is 0.439 e. The Hall–Kier alpha value is -1.87. The van der Waals surface area contributed by atoms with Crippen molar-refractivity contribution in [3.63, 3.8) is 0 Å². The second-order valence-corrected chi connectivity index (χ2v) is 5.27. The summed E-state index contributed by atoms with van der Waals surface area (Å²) in [5.41, 5.74) is 3.55. The second-order valence-electron chi connectivity index (χ2n) is 5.27. The standard InChI is InChI=1S/C18H24N2O/c1-4-5-6-15-7-10-17(11-8-15)21-18-12-9-16(13-19-3)14(2)20-18/h7-12,19H,4-6,13H2,1-3H3. The van der Waals surface area contributed by atoms with E-state index >= 15 is 0 Å². The molecule has 3 heteroatoms. The molecule has 0 radical (unpaired) electrons. The van der Waals surface area contributed by atoms with Gasteiger partial charge in [0.1, 0.15) is 5.75 Å². The van der Waals surface area contributed by atoms with Gasteiger partial charge in [0.15, 0.2) is 0 Å². The molecule has 0 saturated heterocycles. The molecular formula is C18H24N2O. The fourth-order valence-corrected chi connectivity index (χ4v) is 2.23. The van der Waals surface area contributed by atoms with Gasteiger partial charge in [0, 0.05) is 18.3 Å². The SMILES string of the molecule is CCCCc1ccc(Oc2ccc(CNC)c(C)n2)cc1. The number of pyridine rings is 1. The van der Waals surface area contributed by atoms with Crippen molar-refractivity contribution in [1.29, 1.82) is 0 Å². The van der Waals surface area contributed by atoms with E-state index in [4.69, 9.17) is 4.74 Å². The van der Waals surface area contributed by atoms with Crippen LogP contribution in [-0.4, -0.2) is 12.0 Å². The number of hydrogen-bond donors (Lipinski definition) is 1. The van der Waals surface area contributed by atoms with Crippen LogP contribution < -0.4 is 10.1 Å². The maximum absolute atomic E-state index is 5.82. The molecule has 0 aliphatic rings. The molecule has 0 amide bonds. The van der Waals surface area contributed by atoms with E-state index in [1.54, 1.807) is 0 Å². The first kappa shape index (κ1) is 15.5. The Morgan fingerprint density at radius 2 is 1.86 bits per heavy atom. The molecular weight excluding hydrogens is 260 g/mol. The number of aromatic nitrogens is 1. The molecule has 0 fully saturated rings. The summed E-state index contributed by atoms with van der Waals surface area (Å²) < 4.78 is 5.82. The summed E-state index contributed by atoms with van der Waals surface area (Å²) in [6.07, 6.45) is 3.58. The lowest BCUT2D eigenvalue weighted by atomic mass is 10.1. The molecule has 21 heavy (non-hydrogen) atoms. The molecule has 0 spiro atoms. The zero-order valence-electron chi connectivity index (χ0n) is 13.1. The first-order valence-electron chi connectivity index (χ1n) is 7.61. The smallest absolute Gasteiger partial charge is 0.219 e. The lowest BCUT2D eigenvalue weighted by Crippen LogP contribution is -2.07. The van der Waals surface area contributed by atoms with Gasteiger partial charge in [0.05, 0.1) is 0 Å². The number of benzene rings is 1. The third-order valence-corrected chi connectivity index (χ3v) is 3.50. The Kier molecular flexibility index (Phi) is 5.76. The molecule has 1 aromatic carbocycles. The van der Waals surface area contributed by atoms with Crippen LogP contribution in [0.1, 0.15) is 36.6 Å². The van der Waals surface area contributed by atoms with Crippen LogP contribution in [0.25, 0.3) is 0 Å². The Morgan fingerprint density at radius 1 is 1.10 bits per heavy atom. The summed E-state index contributed by atoms with van der Waals surface area (Å²) in [6, 6.07) is 12.3. The fourth-order valence-electron chi connectivity index (χ4n) is 2.23. The highest BCUT2D eigenvalue weighted by molar-refractivity contribution is 5.32. The van der Waals surface area contributed by atoms with E-state index in [-0.39, 0.29) is 0 Å². The third-order valence-electron chi connectivity index (χ3n) is 3.50. The number of rotatable bonds is 7. The van der Waals surface area contributed by atoms with Crippen LogP contribution in [0.5, 0.6) is 11.6 Å². The Bertz CT molecular complexity index is 564. The van der Waals surface area contributed by atoms with E-state index < -0.39 is 0 Å². The van der Waals surface area contributed by atoms with Gasteiger partial charge in [0.25, 0.3) is 0 Å². The summed E-state index contributed by atoms with van der Waals surface area (Å²) in [5.74, 6) is 1.48. The van der Waals surface area contributed by atoms with Gasteiger partial charge in [-0.2, -0.15) is 0 Å². The number of unbranched alkanes of at least 4 members (excludes halogenated alkanes) is 1. The van der Waals surface area contributed by atoms with E-state index in [1.807, 2.05) is 32.2 Å². The normalized spacial score (nSPS) is 10.6. The molecule has 0 aliphatic heterocycles. The van der Waals surface area contributed by atoms with Crippen LogP contribution in [0.2, 0.25) is 0 Å². The minimum atomic E-state index is 0.647. The van der Waals surface area contributed by atoms with Crippen molar-refractivity contribution in [2.45, 2.75) is 39.7 Å². The van der Waals surface area contributed by atoms with Gasteiger partial charge in [-0.15, -0.1) is 0 Å². The van der Waals surface area contributed by atoms with Crippen molar-refractivity contribution in [3.05, 3.63) is 53.2 Å². The number of aryl methyl sites for hydroxylation is 2. The van der Waals surface area contributed by atoms with Crippen LogP contribution in [0, 0.1) is 6.92 Å². The monoisotopic (exact) mass is 284 g/mol. The average molecular weight is 284 g/mol. The highest BCUT2D eigenvalue weighted by atomic mass is 16.5. The predicted octanol–water partition coefficient (Wildman–Crippen LogP) is 4.24. The van der Waals surface area contributed by atoms with Crippen molar-refractivity contribution in [1.82, 2.24) is 10.3 Å². The van der Waals surface area contributed by atoms with E-state index in [9.17, 15) is 0 Å². The average Bonchev–Trinajstić information content (AvgIpc) is 2.49. The number of hydrogen-bond acceptors (Lipinski definition) is 3. The van der Waals surface area contributed by atoms with Crippen molar-refractivity contribution in [2.75, 3.05) is 7.05 Å². The topological polar surface area (TPSA) is 34.1 Å². The van der Waals surface area contributed by atoms with Gasteiger partial charge in [-0.25, -0.2) is 4.98 Å². The molecule has 1 N–H and O–H groups in total. The van der Waals surface area contributed by atoms with Gasteiger partial charge < -0.3 is 10.1 Å². The van der Waals surface area contributed by atoms with Crippen LogP contribution >= 0.6 is 0 Å². The van der Waals surface area contributed by atoms with Gasteiger partial charge in [-0.05, 0) is 50.1 Å². The summed E-state index contributed by atoms with van der Waals surface area (Å²) in [5, 5.41) is 3.14. The molecule has 0 aliphatic carbocycles. The summed E-state index contributed by atoms with van der Waals surface area (Å²) in [4.78, 5) is 4.50. The first-order chi connectivity index (χ1) is 10.2. The van der Waals surface area contributed by atoms with Crippen molar-refractivity contribution >= 4 is 0 Å². The van der Waals surface area contributed by atoms with Crippen LogP contribution in [0.4, 0.5) is 0 Å². The van der Waals surface area contributed by atoms with Crippen LogP contribution in [0.3, 0.4) is 0 Å². The summed E-state index contributed by atoms with van der Waals surface area (Å²) in [6.45, 7) is 5.04. The van der Waals surface area contributed by atoms with E-state index in [1.165, 1.54) is 24.0 Å². The minimum Gasteiger partial charge on any atom is -0.439 e. The number of nitrogens with one attached hydrogen (secondary N) is 1. The van der Waals surface area contributed by atoms with Crippen LogP contribution in [-0.2, 0) is 13.0 Å². The Labute approximate surface area is 127 Å². The van der Waals surface area contributed by atoms with Gasteiger partial charge >= 0.3 is 0 Å². The third kappa shape index (κ3) is 4.57. The lowest BCUT2D eigenvalue weighted by molar-refractivity contribution is 0.460. The van der Waals surface area contributed by atoms with Gasteiger partial charge in [-0.1, -0.05) is 31.5 Å². The molecule has 1 aromatic heterocycles. The predicted molar refractivity (Wildman–Crippen MR) is 86.9 cm³/mol. The highest BCUT2D eigenvalue weighted by Gasteiger charge is 2.03. The maximum Gasteiger partial charge on any atom is 0.219 e. The molecule has 0 saturated carbocycles. The van der Waals surface area contributed by atoms with Crippen LogP contribution in [0.15, 0.2) is 36.4 Å². The Morgan fingerprint density at radius 3 is 2.48 bits per heavy atom. The highest BCUT2D eigenvalue weighted by Crippen LogP contribution is 2.21. The first-order valence-corrected chi connectivity index (χ1v) is 7.61.